The fraction of sp³-hybridized carbons (Fsp3) is 0.441. The predicted molar refractivity (Wildman–Crippen MR) is 166 cm³/mol. The largest absolute Gasteiger partial charge is 0.509 e. The number of rotatable bonds is 10. The van der Waals surface area contributed by atoms with Crippen molar-refractivity contribution in [2.24, 2.45) is 0 Å². The van der Waals surface area contributed by atoms with E-state index < -0.39 is 42.3 Å². The van der Waals surface area contributed by atoms with Crippen molar-refractivity contribution in [3.05, 3.63) is 83.1 Å². The molecule has 1 unspecified atom stereocenters. The molecule has 0 spiro atoms. The van der Waals surface area contributed by atoms with Crippen LogP contribution in [0.1, 0.15) is 56.5 Å². The molecule has 0 radical (unpaired) electrons. The lowest BCUT2D eigenvalue weighted by atomic mass is 10.0. The first-order valence-electron chi connectivity index (χ1n) is 15.2. The Hall–Kier alpha value is -4.35. The van der Waals surface area contributed by atoms with E-state index in [-0.39, 0.29) is 12.5 Å². The zero-order valence-electron chi connectivity index (χ0n) is 26.3. The molecular weight excluding hydrogens is 578 g/mol. The van der Waals surface area contributed by atoms with Gasteiger partial charge < -0.3 is 28.8 Å². The molecule has 3 heterocycles. The van der Waals surface area contributed by atoms with Gasteiger partial charge in [-0.15, -0.1) is 0 Å². The molecule has 11 nitrogen and oxygen atoms in total. The van der Waals surface area contributed by atoms with Crippen LogP contribution in [-0.2, 0) is 48.0 Å². The normalized spacial score (nSPS) is 21.3. The van der Waals surface area contributed by atoms with Crippen molar-refractivity contribution < 1.29 is 38.2 Å². The summed E-state index contributed by atoms with van der Waals surface area (Å²) in [4.78, 5) is 47.4. The molecule has 1 aromatic heterocycles. The number of hydrogen-bond donors (Lipinski definition) is 2. The van der Waals surface area contributed by atoms with Gasteiger partial charge in [-0.2, -0.15) is 0 Å². The summed E-state index contributed by atoms with van der Waals surface area (Å²) in [5.74, 6) is -0.442. The Morgan fingerprint density at radius 1 is 1.09 bits per heavy atom. The van der Waals surface area contributed by atoms with Gasteiger partial charge in [-0.25, -0.2) is 19.9 Å². The first-order chi connectivity index (χ1) is 21.4. The topological polar surface area (TPSA) is 128 Å². The van der Waals surface area contributed by atoms with Crippen LogP contribution in [0.3, 0.4) is 0 Å². The summed E-state index contributed by atoms with van der Waals surface area (Å²) >= 11 is 0. The number of nitrogens with one attached hydrogen (secondary N) is 2. The number of hydroxylamine groups is 1. The molecule has 0 aliphatic carbocycles. The van der Waals surface area contributed by atoms with Gasteiger partial charge in [0, 0.05) is 42.2 Å². The first-order valence-corrected chi connectivity index (χ1v) is 15.2. The number of aromatic amines is 1. The number of benzene rings is 2. The number of amides is 2. The molecule has 5 rings (SSSR count). The van der Waals surface area contributed by atoms with Gasteiger partial charge in [0.15, 0.2) is 12.4 Å². The second kappa shape index (κ2) is 13.7. The van der Waals surface area contributed by atoms with E-state index in [2.05, 4.69) is 29.5 Å². The number of carbonyl (C=O) groups excluding carboxylic acids is 3. The summed E-state index contributed by atoms with van der Waals surface area (Å²) in [6, 6.07) is 16.1. The van der Waals surface area contributed by atoms with Crippen LogP contribution in [0.5, 0.6) is 0 Å². The summed E-state index contributed by atoms with van der Waals surface area (Å²) in [6.45, 7) is 10.3. The number of fused-ring (bicyclic) bond motifs is 2. The van der Waals surface area contributed by atoms with E-state index in [4.69, 9.17) is 23.8 Å². The molecule has 2 N–H and O–H groups in total. The third-order valence-corrected chi connectivity index (χ3v) is 7.72. The second-order valence-corrected chi connectivity index (χ2v) is 12.4. The SMILES string of the molecule is Cc1[nH]c2ccccc2c1CCN(Cc1ccc(C/C=C/C(=O)NO[C@H]2C[C@@H]3OC(=O)OC3[C@H](C)O2)cc1)C(=O)OC(C)(C)C. The second-order valence-electron chi connectivity index (χ2n) is 12.4. The highest BCUT2D eigenvalue weighted by molar-refractivity contribution is 5.86. The van der Waals surface area contributed by atoms with Crippen molar-refractivity contribution in [2.45, 2.75) is 90.6 Å². The van der Waals surface area contributed by atoms with E-state index >= 15 is 0 Å². The molecular formula is C34H41N3O8. The summed E-state index contributed by atoms with van der Waals surface area (Å²) in [7, 11) is 0. The maximum atomic E-state index is 13.2. The Bertz CT molecular complexity index is 1540. The minimum Gasteiger partial charge on any atom is -0.444 e. The number of hydrogen-bond acceptors (Lipinski definition) is 8. The van der Waals surface area contributed by atoms with Gasteiger partial charge in [0.2, 0.25) is 0 Å². The number of para-hydroxylation sites is 1. The van der Waals surface area contributed by atoms with Crippen LogP contribution in [0.2, 0.25) is 0 Å². The van der Waals surface area contributed by atoms with E-state index in [0.29, 0.717) is 25.9 Å². The molecule has 3 aromatic rings. The Morgan fingerprint density at radius 3 is 2.58 bits per heavy atom. The molecule has 0 bridgehead atoms. The average Bonchev–Trinajstić information content (AvgIpc) is 3.52. The molecule has 2 aromatic carbocycles. The Morgan fingerprint density at radius 2 is 1.82 bits per heavy atom. The zero-order valence-corrected chi connectivity index (χ0v) is 26.3. The number of ether oxygens (including phenoxy) is 4. The number of carbonyl (C=O) groups is 3. The first kappa shape index (κ1) is 32.1. The standard InChI is InChI=1S/C34H41N3O8/c1-21-25(26-10-6-7-11-27(26)35-21)17-18-37(32(39)44-34(3,4)5)20-24-15-13-23(14-16-24)9-8-12-29(38)36-45-30-19-28-31(22(2)41-30)43-33(40)42-28/h6-8,10-16,22,28,30-31,35H,9,17-20H2,1-5H3,(H,36,38)/b12-8+/t22-,28-,30-,31?/m0/s1. The predicted octanol–water partition coefficient (Wildman–Crippen LogP) is 5.64. The smallest absolute Gasteiger partial charge is 0.444 e. The van der Waals surface area contributed by atoms with Crippen molar-refractivity contribution >= 4 is 29.1 Å². The van der Waals surface area contributed by atoms with Crippen LogP contribution in [0.15, 0.2) is 60.7 Å². The van der Waals surface area contributed by atoms with E-state index in [0.717, 1.165) is 22.3 Å². The number of allylic oxidation sites excluding steroid dienone is 1. The van der Waals surface area contributed by atoms with Crippen molar-refractivity contribution in [3.8, 4) is 0 Å². The highest BCUT2D eigenvalue weighted by Gasteiger charge is 2.47. The van der Waals surface area contributed by atoms with Gasteiger partial charge in [0.05, 0.1) is 6.10 Å². The molecule has 240 valence electrons. The molecule has 2 amide bonds. The summed E-state index contributed by atoms with van der Waals surface area (Å²) in [5.41, 5.74) is 7.10. The lowest BCUT2D eigenvalue weighted by molar-refractivity contribution is -0.245. The van der Waals surface area contributed by atoms with Gasteiger partial charge >= 0.3 is 12.2 Å². The van der Waals surface area contributed by atoms with Gasteiger partial charge in [0.1, 0.15) is 11.7 Å². The average molecular weight is 620 g/mol. The van der Waals surface area contributed by atoms with Crippen LogP contribution < -0.4 is 5.48 Å². The van der Waals surface area contributed by atoms with Crippen molar-refractivity contribution in [2.75, 3.05) is 6.54 Å². The molecule has 2 fully saturated rings. The Balaban J connectivity index is 1.13. The van der Waals surface area contributed by atoms with E-state index in [1.807, 2.05) is 57.2 Å². The highest BCUT2D eigenvalue weighted by Crippen LogP contribution is 2.30. The zero-order chi connectivity index (χ0) is 32.1. The Labute approximate surface area is 262 Å². The molecule has 2 aliphatic heterocycles. The van der Waals surface area contributed by atoms with Crippen molar-refractivity contribution in [1.82, 2.24) is 15.4 Å². The molecule has 2 saturated heterocycles. The third kappa shape index (κ3) is 8.43. The summed E-state index contributed by atoms with van der Waals surface area (Å²) < 4.78 is 21.6. The fourth-order valence-corrected chi connectivity index (χ4v) is 5.55. The number of aromatic nitrogens is 1. The van der Waals surface area contributed by atoms with E-state index in [9.17, 15) is 14.4 Å². The van der Waals surface area contributed by atoms with Gasteiger partial charge in [-0.1, -0.05) is 48.5 Å². The minimum atomic E-state index is -0.757. The van der Waals surface area contributed by atoms with E-state index in [1.54, 1.807) is 17.9 Å². The minimum absolute atomic E-state index is 0.255. The molecule has 11 heteroatoms. The number of H-pyrrole nitrogens is 1. The molecule has 45 heavy (non-hydrogen) atoms. The lowest BCUT2D eigenvalue weighted by Crippen LogP contribution is -2.47. The van der Waals surface area contributed by atoms with Gasteiger partial charge in [0.25, 0.3) is 5.91 Å². The summed E-state index contributed by atoms with van der Waals surface area (Å²) in [5, 5.41) is 1.17. The molecule has 2 aliphatic rings. The molecule has 0 saturated carbocycles. The van der Waals surface area contributed by atoms with Crippen LogP contribution >= 0.6 is 0 Å². The fourth-order valence-electron chi connectivity index (χ4n) is 5.55. The highest BCUT2D eigenvalue weighted by atomic mass is 16.8. The maximum absolute atomic E-state index is 13.2. The van der Waals surface area contributed by atoms with Crippen LogP contribution in [-0.4, -0.2) is 64.8 Å². The van der Waals surface area contributed by atoms with E-state index in [1.165, 1.54) is 17.0 Å². The quantitative estimate of drug-likeness (QED) is 0.170. The van der Waals surface area contributed by atoms with Crippen LogP contribution in [0.4, 0.5) is 9.59 Å². The van der Waals surface area contributed by atoms with Gasteiger partial charge in [-0.3, -0.25) is 4.79 Å². The number of nitrogens with zero attached hydrogens (tertiary/aromatic N) is 1. The third-order valence-electron chi connectivity index (χ3n) is 7.72. The van der Waals surface area contributed by atoms with Crippen LogP contribution in [0.25, 0.3) is 10.9 Å². The number of aryl methyl sites for hydroxylation is 1. The van der Waals surface area contributed by atoms with Gasteiger partial charge in [-0.05, 0) is 70.2 Å². The van der Waals surface area contributed by atoms with Crippen LogP contribution in [0, 0.1) is 6.92 Å². The molecule has 4 atom stereocenters. The summed E-state index contributed by atoms with van der Waals surface area (Å²) in [6.07, 6.45) is 1.39. The lowest BCUT2D eigenvalue weighted by Gasteiger charge is -2.32. The maximum Gasteiger partial charge on any atom is 0.509 e. The Kier molecular flexibility index (Phi) is 9.79. The van der Waals surface area contributed by atoms with Crippen molar-refractivity contribution in [1.29, 1.82) is 0 Å². The van der Waals surface area contributed by atoms with Crippen molar-refractivity contribution in [3.63, 3.8) is 0 Å². The monoisotopic (exact) mass is 619 g/mol.